The maximum absolute atomic E-state index is 9.77. The molecular formula is C8H21NO8P2. The highest BCUT2D eigenvalue weighted by Crippen LogP contribution is 2.41. The lowest BCUT2D eigenvalue weighted by Crippen LogP contribution is -2.37. The van der Waals surface area contributed by atoms with Gasteiger partial charge in [0, 0.05) is 12.6 Å². The maximum Gasteiger partial charge on any atom is 0.331 e. The summed E-state index contributed by atoms with van der Waals surface area (Å²) < 4.78 is 14.0. The van der Waals surface area contributed by atoms with Crippen LogP contribution in [0.1, 0.15) is 26.7 Å². The van der Waals surface area contributed by atoms with Gasteiger partial charge in [0.2, 0.25) is 0 Å². The second kappa shape index (κ2) is 9.44. The van der Waals surface area contributed by atoms with Crippen LogP contribution >= 0.6 is 17.2 Å². The molecule has 0 amide bonds. The fourth-order valence-corrected chi connectivity index (χ4v) is 2.02. The Morgan fingerprint density at radius 2 is 1.58 bits per heavy atom. The molecule has 9 nitrogen and oxygen atoms in total. The van der Waals surface area contributed by atoms with Gasteiger partial charge in [-0.1, -0.05) is 0 Å². The molecule has 0 aromatic heterocycles. The number of hydrogen-bond acceptors (Lipinski definition) is 9. The van der Waals surface area contributed by atoms with Crippen LogP contribution in [0, 0.1) is 0 Å². The van der Waals surface area contributed by atoms with Crippen molar-refractivity contribution >= 4 is 17.2 Å². The minimum Gasteiger partial charge on any atom is -0.378 e. The number of hydrogen-bond donors (Lipinski definition) is 6. The monoisotopic (exact) mass is 321 g/mol. The highest BCUT2D eigenvalue weighted by molar-refractivity contribution is 7.40. The van der Waals surface area contributed by atoms with E-state index >= 15 is 0 Å². The summed E-state index contributed by atoms with van der Waals surface area (Å²) in [6, 6.07) is -0.0379. The van der Waals surface area contributed by atoms with Crippen molar-refractivity contribution in [1.82, 2.24) is 0 Å². The van der Waals surface area contributed by atoms with Crippen LogP contribution in [0.15, 0.2) is 0 Å². The zero-order valence-corrected chi connectivity index (χ0v) is 12.5. The van der Waals surface area contributed by atoms with E-state index in [0.717, 1.165) is 0 Å². The first-order valence-electron chi connectivity index (χ1n) is 5.48. The fraction of sp³-hybridized carbons (Fsp3) is 1.00. The normalized spacial score (nSPS) is 16.1. The fourth-order valence-electron chi connectivity index (χ4n) is 1.22. The van der Waals surface area contributed by atoms with Gasteiger partial charge in [-0.15, -0.1) is 0 Å². The Kier molecular flexibility index (Phi) is 9.69. The van der Waals surface area contributed by atoms with E-state index < -0.39 is 29.3 Å². The van der Waals surface area contributed by atoms with E-state index in [1.54, 1.807) is 6.92 Å². The van der Waals surface area contributed by atoms with Gasteiger partial charge in [-0.25, -0.2) is 0 Å². The molecule has 11 heteroatoms. The van der Waals surface area contributed by atoms with Crippen molar-refractivity contribution in [3.63, 3.8) is 0 Å². The molecule has 0 aromatic carbocycles. The summed E-state index contributed by atoms with van der Waals surface area (Å²) in [4.78, 5) is 34.8. The van der Waals surface area contributed by atoms with Crippen LogP contribution in [0.3, 0.4) is 0 Å². The van der Waals surface area contributed by atoms with Crippen molar-refractivity contribution < 1.29 is 38.5 Å². The minimum absolute atomic E-state index is 0.0379. The Morgan fingerprint density at radius 1 is 1.11 bits per heavy atom. The van der Waals surface area contributed by atoms with Gasteiger partial charge in [-0.05, 0) is 20.3 Å². The Bertz CT molecular complexity index is 233. The Morgan fingerprint density at radius 3 is 1.95 bits per heavy atom. The Balaban J connectivity index is 4.29. The lowest BCUT2D eigenvalue weighted by Gasteiger charge is -2.29. The molecule has 2 atom stereocenters. The van der Waals surface area contributed by atoms with Crippen LogP contribution in [-0.2, 0) is 13.8 Å². The summed E-state index contributed by atoms with van der Waals surface area (Å²) in [7, 11) is -5.87. The molecule has 0 rings (SSSR count). The van der Waals surface area contributed by atoms with Gasteiger partial charge < -0.3 is 35.2 Å². The van der Waals surface area contributed by atoms with E-state index in [-0.39, 0.29) is 12.5 Å². The highest BCUT2D eigenvalue weighted by Gasteiger charge is 2.38. The van der Waals surface area contributed by atoms with E-state index in [9.17, 15) is 5.11 Å². The molecule has 0 aliphatic heterocycles. The summed E-state index contributed by atoms with van der Waals surface area (Å²) in [6.45, 7) is 3.72. The second-order valence-electron chi connectivity index (χ2n) is 4.05. The first kappa shape index (κ1) is 19.5. The average molecular weight is 321 g/mol. The number of aliphatic hydroxyl groups is 1. The van der Waals surface area contributed by atoms with E-state index in [1.807, 2.05) is 6.92 Å². The summed E-state index contributed by atoms with van der Waals surface area (Å²) in [5.74, 6) is -2.54. The maximum atomic E-state index is 9.77. The molecule has 0 saturated carbocycles. The molecule has 0 bridgehead atoms. The average Bonchev–Trinajstić information content (AvgIpc) is 2.12. The molecule has 2 unspecified atom stereocenters. The second-order valence-corrected chi connectivity index (χ2v) is 5.43. The number of rotatable bonds is 10. The third kappa shape index (κ3) is 10.9. The zero-order chi connectivity index (χ0) is 15.1. The van der Waals surface area contributed by atoms with Crippen molar-refractivity contribution in [3.05, 3.63) is 0 Å². The molecule has 0 aliphatic carbocycles. The third-order valence-corrected chi connectivity index (χ3v) is 2.87. The number of nitrogens with two attached hydrogens (primary N) is 1. The third-order valence-electron chi connectivity index (χ3n) is 1.97. The van der Waals surface area contributed by atoms with Crippen molar-refractivity contribution in [3.8, 4) is 0 Å². The molecule has 7 N–H and O–H groups in total. The molecule has 19 heavy (non-hydrogen) atoms. The quantitative estimate of drug-likeness (QED) is 0.233. The van der Waals surface area contributed by atoms with Crippen LogP contribution in [-0.4, -0.2) is 49.4 Å². The van der Waals surface area contributed by atoms with Crippen LogP contribution in [0.25, 0.3) is 0 Å². The molecular weight excluding hydrogens is 300 g/mol. The minimum atomic E-state index is -2.94. The van der Waals surface area contributed by atoms with Crippen molar-refractivity contribution in [2.24, 2.45) is 5.73 Å². The predicted octanol–water partition coefficient (Wildman–Crippen LogP) is -0.379. The largest absolute Gasteiger partial charge is 0.378 e. The molecule has 0 spiro atoms. The molecule has 0 saturated heterocycles. The van der Waals surface area contributed by atoms with Gasteiger partial charge in [-0.3, -0.25) is 9.05 Å². The van der Waals surface area contributed by atoms with Gasteiger partial charge in [0.25, 0.3) is 5.97 Å². The topological polar surface area (TPSA) is 155 Å². The highest BCUT2D eigenvalue weighted by atomic mass is 31.2. The van der Waals surface area contributed by atoms with Gasteiger partial charge >= 0.3 is 17.2 Å². The van der Waals surface area contributed by atoms with Crippen LogP contribution in [0.5, 0.6) is 0 Å². The standard InChI is InChI=1S/C8H21NO8P2/c1-6(9)3-4-15-7(2)5-8(10,16-18(11)12)17-19(13)14/h6-7,10-14H,3-5,9H2,1-2H3. The van der Waals surface area contributed by atoms with Crippen LogP contribution in [0.2, 0.25) is 0 Å². The molecule has 0 radical (unpaired) electrons. The SMILES string of the molecule is CC(N)CCOC(C)CC(O)(OP(O)O)OP(O)O. The van der Waals surface area contributed by atoms with E-state index in [2.05, 4.69) is 9.05 Å². The van der Waals surface area contributed by atoms with Gasteiger partial charge in [0.05, 0.1) is 12.5 Å². The van der Waals surface area contributed by atoms with Crippen LogP contribution < -0.4 is 5.73 Å². The van der Waals surface area contributed by atoms with Crippen molar-refractivity contribution in [2.45, 2.75) is 44.8 Å². The molecule has 0 aliphatic rings. The molecule has 0 fully saturated rings. The van der Waals surface area contributed by atoms with E-state index in [4.69, 9.17) is 30.0 Å². The van der Waals surface area contributed by atoms with Crippen LogP contribution in [0.4, 0.5) is 0 Å². The predicted molar refractivity (Wildman–Crippen MR) is 68.1 cm³/mol. The summed E-state index contributed by atoms with van der Waals surface area (Å²) >= 11 is 0. The molecule has 0 aromatic rings. The molecule has 0 heterocycles. The van der Waals surface area contributed by atoms with Gasteiger partial charge in [-0.2, -0.15) is 0 Å². The summed E-state index contributed by atoms with van der Waals surface area (Å²) in [6.07, 6.45) is -0.330. The molecule has 116 valence electrons. The zero-order valence-electron chi connectivity index (χ0n) is 10.7. The first-order valence-corrected chi connectivity index (χ1v) is 7.81. The van der Waals surface area contributed by atoms with E-state index in [1.165, 1.54) is 0 Å². The Labute approximate surface area is 113 Å². The van der Waals surface area contributed by atoms with Gasteiger partial charge in [0.15, 0.2) is 0 Å². The van der Waals surface area contributed by atoms with E-state index in [0.29, 0.717) is 13.0 Å². The lowest BCUT2D eigenvalue weighted by atomic mass is 10.2. The first-order chi connectivity index (χ1) is 8.64. The smallest absolute Gasteiger partial charge is 0.331 e. The van der Waals surface area contributed by atoms with Crippen molar-refractivity contribution in [1.29, 1.82) is 0 Å². The van der Waals surface area contributed by atoms with Crippen molar-refractivity contribution in [2.75, 3.05) is 6.61 Å². The lowest BCUT2D eigenvalue weighted by molar-refractivity contribution is -0.291. The summed E-state index contributed by atoms with van der Waals surface area (Å²) in [5.41, 5.74) is 5.53. The van der Waals surface area contributed by atoms with Gasteiger partial charge in [0.1, 0.15) is 0 Å². The Hall–Kier alpha value is 0.500. The summed E-state index contributed by atoms with van der Waals surface area (Å²) in [5, 5.41) is 9.77. The number of ether oxygens (including phenoxy) is 1.